The van der Waals surface area contributed by atoms with Crippen LogP contribution in [0.5, 0.6) is 11.5 Å². The number of nitrogens with one attached hydrogen (secondary N) is 1. The SMILES string of the molecule is [CH2]c1ccccc1-c1csc(C(C)Nc2nncc3cc(OC)c(OC)cc23)c1. The third-order valence-electron chi connectivity index (χ3n) is 4.89. The molecule has 2 aromatic heterocycles. The van der Waals surface area contributed by atoms with E-state index in [-0.39, 0.29) is 6.04 Å². The number of hydrogen-bond donors (Lipinski definition) is 1. The van der Waals surface area contributed by atoms with Crippen molar-refractivity contribution in [3.63, 3.8) is 0 Å². The summed E-state index contributed by atoms with van der Waals surface area (Å²) in [6.45, 7) is 6.25. The summed E-state index contributed by atoms with van der Waals surface area (Å²) in [6, 6.07) is 14.3. The number of hydrogen-bond acceptors (Lipinski definition) is 6. The normalized spacial score (nSPS) is 12.0. The van der Waals surface area contributed by atoms with Crippen LogP contribution in [0.1, 0.15) is 23.4 Å². The predicted molar refractivity (Wildman–Crippen MR) is 119 cm³/mol. The van der Waals surface area contributed by atoms with Gasteiger partial charge in [0.05, 0.1) is 26.5 Å². The molecule has 6 heteroatoms. The van der Waals surface area contributed by atoms with E-state index in [2.05, 4.69) is 46.9 Å². The molecule has 0 saturated carbocycles. The van der Waals surface area contributed by atoms with Gasteiger partial charge >= 0.3 is 0 Å². The lowest BCUT2D eigenvalue weighted by Crippen LogP contribution is -2.07. The van der Waals surface area contributed by atoms with E-state index >= 15 is 0 Å². The molecule has 4 aromatic rings. The Morgan fingerprint density at radius 2 is 1.83 bits per heavy atom. The Kier molecular flexibility index (Phi) is 5.36. The average Bonchev–Trinajstić information content (AvgIpc) is 3.23. The number of anilines is 1. The zero-order chi connectivity index (χ0) is 20.4. The Morgan fingerprint density at radius 1 is 1.07 bits per heavy atom. The average molecular weight is 405 g/mol. The smallest absolute Gasteiger partial charge is 0.161 e. The van der Waals surface area contributed by atoms with Gasteiger partial charge in [0, 0.05) is 15.6 Å². The molecule has 29 heavy (non-hydrogen) atoms. The van der Waals surface area contributed by atoms with Crippen LogP contribution >= 0.6 is 11.3 Å². The van der Waals surface area contributed by atoms with Gasteiger partial charge in [-0.2, -0.15) is 5.10 Å². The van der Waals surface area contributed by atoms with E-state index in [1.807, 2.05) is 30.3 Å². The van der Waals surface area contributed by atoms with Gasteiger partial charge in [0.2, 0.25) is 0 Å². The highest BCUT2D eigenvalue weighted by molar-refractivity contribution is 7.10. The van der Waals surface area contributed by atoms with Gasteiger partial charge in [0.1, 0.15) is 0 Å². The van der Waals surface area contributed by atoms with Gasteiger partial charge in [-0.1, -0.05) is 24.3 Å². The minimum absolute atomic E-state index is 0.0683. The van der Waals surface area contributed by atoms with Gasteiger partial charge in [-0.15, -0.1) is 16.4 Å². The summed E-state index contributed by atoms with van der Waals surface area (Å²) in [5.74, 6) is 2.04. The van der Waals surface area contributed by atoms with E-state index in [0.29, 0.717) is 17.3 Å². The molecule has 0 aliphatic rings. The summed E-state index contributed by atoms with van der Waals surface area (Å²) in [7, 11) is 3.25. The lowest BCUT2D eigenvalue weighted by Gasteiger charge is -2.15. The molecular weight excluding hydrogens is 382 g/mol. The second kappa shape index (κ2) is 8.09. The summed E-state index contributed by atoms with van der Waals surface area (Å²) in [4.78, 5) is 1.21. The Labute approximate surface area is 174 Å². The maximum absolute atomic E-state index is 5.45. The number of nitrogens with zero attached hydrogens (tertiary/aromatic N) is 2. The Balaban J connectivity index is 1.64. The topological polar surface area (TPSA) is 56.3 Å². The van der Waals surface area contributed by atoms with Crippen molar-refractivity contribution in [3.05, 3.63) is 71.4 Å². The fourth-order valence-electron chi connectivity index (χ4n) is 3.32. The number of thiophene rings is 1. The van der Waals surface area contributed by atoms with Crippen molar-refractivity contribution in [1.82, 2.24) is 10.2 Å². The van der Waals surface area contributed by atoms with E-state index in [9.17, 15) is 0 Å². The molecule has 1 atom stereocenters. The van der Waals surface area contributed by atoms with Gasteiger partial charge in [0.25, 0.3) is 0 Å². The number of rotatable bonds is 6. The fourth-order valence-corrected chi connectivity index (χ4v) is 4.23. The molecule has 0 bridgehead atoms. The van der Waals surface area contributed by atoms with Crippen molar-refractivity contribution >= 4 is 27.9 Å². The summed E-state index contributed by atoms with van der Waals surface area (Å²) in [5, 5.41) is 16.0. The first-order chi connectivity index (χ1) is 14.1. The standard InChI is InChI=1S/C23H22N3O2S/c1-14-7-5-6-8-18(14)17-10-22(29-13-17)15(2)25-23-19-11-21(28-4)20(27-3)9-16(19)12-24-26-23/h5-13,15H,1H2,2-4H3,(H,25,26). The maximum Gasteiger partial charge on any atom is 0.161 e. The quantitative estimate of drug-likeness (QED) is 0.445. The summed E-state index contributed by atoms with van der Waals surface area (Å²) in [5.41, 5.74) is 3.36. The minimum Gasteiger partial charge on any atom is -0.493 e. The Hall–Kier alpha value is -3.12. The first-order valence-corrected chi connectivity index (χ1v) is 10.1. The third kappa shape index (κ3) is 3.76. The minimum atomic E-state index is 0.0683. The van der Waals surface area contributed by atoms with Crippen LogP contribution in [0.25, 0.3) is 21.9 Å². The molecule has 1 unspecified atom stereocenters. The molecule has 5 nitrogen and oxygen atoms in total. The number of benzene rings is 2. The zero-order valence-corrected chi connectivity index (χ0v) is 17.4. The van der Waals surface area contributed by atoms with Gasteiger partial charge < -0.3 is 14.8 Å². The van der Waals surface area contributed by atoms with Crippen LogP contribution in [0.2, 0.25) is 0 Å². The molecule has 0 aliphatic carbocycles. The molecule has 4 rings (SSSR count). The van der Waals surface area contributed by atoms with Gasteiger partial charge in [-0.25, -0.2) is 0 Å². The van der Waals surface area contributed by atoms with Gasteiger partial charge in [-0.3, -0.25) is 0 Å². The van der Waals surface area contributed by atoms with Crippen LogP contribution < -0.4 is 14.8 Å². The second-order valence-corrected chi connectivity index (χ2v) is 7.69. The summed E-state index contributed by atoms with van der Waals surface area (Å²) < 4.78 is 10.8. The van der Waals surface area contributed by atoms with Crippen LogP contribution in [0, 0.1) is 6.92 Å². The van der Waals surface area contributed by atoms with Crippen LogP contribution in [0.3, 0.4) is 0 Å². The number of ether oxygens (including phenoxy) is 2. The van der Waals surface area contributed by atoms with Crippen LogP contribution in [0.4, 0.5) is 5.82 Å². The molecule has 0 amide bonds. The molecule has 0 aliphatic heterocycles. The Morgan fingerprint density at radius 3 is 2.59 bits per heavy atom. The van der Waals surface area contributed by atoms with Gasteiger partial charge in [0.15, 0.2) is 17.3 Å². The summed E-state index contributed by atoms with van der Waals surface area (Å²) >= 11 is 1.72. The van der Waals surface area contributed by atoms with Crippen LogP contribution in [-0.4, -0.2) is 24.4 Å². The molecule has 2 heterocycles. The van der Waals surface area contributed by atoms with Crippen LogP contribution in [0.15, 0.2) is 54.0 Å². The van der Waals surface area contributed by atoms with E-state index in [1.165, 1.54) is 10.4 Å². The zero-order valence-electron chi connectivity index (χ0n) is 16.6. The van der Waals surface area contributed by atoms with E-state index < -0.39 is 0 Å². The first-order valence-electron chi connectivity index (χ1n) is 9.24. The largest absolute Gasteiger partial charge is 0.493 e. The molecule has 0 spiro atoms. The lowest BCUT2D eigenvalue weighted by molar-refractivity contribution is 0.356. The predicted octanol–water partition coefficient (Wildman–Crippen LogP) is 5.73. The Bertz CT molecular complexity index is 1160. The van der Waals surface area contributed by atoms with Crippen LogP contribution in [-0.2, 0) is 0 Å². The molecule has 0 saturated heterocycles. The highest BCUT2D eigenvalue weighted by Gasteiger charge is 2.15. The molecule has 0 fully saturated rings. The fraction of sp³-hybridized carbons (Fsp3) is 0.174. The molecular formula is C23H22N3O2S. The monoisotopic (exact) mass is 404 g/mol. The molecule has 1 radical (unpaired) electrons. The van der Waals surface area contributed by atoms with Crippen molar-refractivity contribution in [3.8, 4) is 22.6 Å². The first kappa shape index (κ1) is 19.2. The number of aromatic nitrogens is 2. The lowest BCUT2D eigenvalue weighted by atomic mass is 10.0. The maximum atomic E-state index is 5.45. The highest BCUT2D eigenvalue weighted by atomic mass is 32.1. The van der Waals surface area contributed by atoms with E-state index in [1.54, 1.807) is 31.8 Å². The summed E-state index contributed by atoms with van der Waals surface area (Å²) in [6.07, 6.45) is 1.72. The van der Waals surface area contributed by atoms with Crippen molar-refractivity contribution < 1.29 is 9.47 Å². The molecule has 1 N–H and O–H groups in total. The van der Waals surface area contributed by atoms with E-state index in [4.69, 9.17) is 9.47 Å². The highest BCUT2D eigenvalue weighted by Crippen LogP contribution is 2.36. The van der Waals surface area contributed by atoms with E-state index in [0.717, 1.165) is 21.9 Å². The number of methoxy groups -OCH3 is 2. The number of fused-ring (bicyclic) bond motifs is 1. The van der Waals surface area contributed by atoms with Crippen molar-refractivity contribution in [2.75, 3.05) is 19.5 Å². The third-order valence-corrected chi connectivity index (χ3v) is 6.01. The van der Waals surface area contributed by atoms with Crippen molar-refractivity contribution in [2.24, 2.45) is 0 Å². The second-order valence-electron chi connectivity index (χ2n) is 6.75. The van der Waals surface area contributed by atoms with Crippen molar-refractivity contribution in [1.29, 1.82) is 0 Å². The molecule has 2 aromatic carbocycles. The van der Waals surface area contributed by atoms with Crippen molar-refractivity contribution in [2.45, 2.75) is 13.0 Å². The van der Waals surface area contributed by atoms with Gasteiger partial charge in [-0.05, 0) is 54.1 Å². The molecule has 147 valence electrons.